The van der Waals surface area contributed by atoms with Gasteiger partial charge in [-0.3, -0.25) is 8.37 Å². The van der Waals surface area contributed by atoms with Gasteiger partial charge in [-0.25, -0.2) is 0 Å². The quantitative estimate of drug-likeness (QED) is 0.665. The molecule has 6 nitrogen and oxygen atoms in total. The average molecular weight is 423 g/mol. The summed E-state index contributed by atoms with van der Waals surface area (Å²) in [6, 6.07) is 12.7. The lowest BCUT2D eigenvalue weighted by atomic mass is 9.84. The summed E-state index contributed by atoms with van der Waals surface area (Å²) in [6.07, 6.45) is -0.169. The Bertz CT molecular complexity index is 979. The molecule has 28 heavy (non-hydrogen) atoms. The third-order valence-electron chi connectivity index (χ3n) is 5.56. The van der Waals surface area contributed by atoms with Crippen molar-refractivity contribution in [1.29, 1.82) is 0 Å². The molecule has 3 aliphatic carbocycles. The second-order valence-electron chi connectivity index (χ2n) is 7.65. The van der Waals surface area contributed by atoms with Crippen molar-refractivity contribution in [1.82, 2.24) is 0 Å². The lowest BCUT2D eigenvalue weighted by Gasteiger charge is -2.23. The number of hydrogen-bond donors (Lipinski definition) is 0. The minimum atomic E-state index is -4.00. The number of fused-ring (bicyclic) bond motifs is 1. The van der Waals surface area contributed by atoms with Crippen molar-refractivity contribution in [2.24, 2.45) is 11.8 Å². The molecule has 2 atom stereocenters. The monoisotopic (exact) mass is 422 g/mol. The molecular formula is C20H22O6S2. The van der Waals surface area contributed by atoms with Crippen molar-refractivity contribution < 1.29 is 25.2 Å². The van der Waals surface area contributed by atoms with Crippen LogP contribution in [0.3, 0.4) is 0 Å². The Morgan fingerprint density at radius 1 is 0.643 bits per heavy atom. The highest BCUT2D eigenvalue weighted by atomic mass is 32.2. The molecule has 0 heterocycles. The van der Waals surface area contributed by atoms with Crippen molar-refractivity contribution in [3.05, 3.63) is 59.7 Å². The molecule has 0 saturated heterocycles. The van der Waals surface area contributed by atoms with Crippen LogP contribution in [0.1, 0.15) is 24.0 Å². The summed E-state index contributed by atoms with van der Waals surface area (Å²) in [5, 5.41) is 0. The van der Waals surface area contributed by atoms with Crippen LogP contribution in [-0.4, -0.2) is 29.0 Å². The predicted octanol–water partition coefficient (Wildman–Crippen LogP) is 3.19. The van der Waals surface area contributed by atoms with Crippen LogP contribution in [0.5, 0.6) is 0 Å². The molecule has 0 amide bonds. The van der Waals surface area contributed by atoms with Crippen LogP contribution in [0.15, 0.2) is 58.3 Å². The van der Waals surface area contributed by atoms with Gasteiger partial charge in [0.1, 0.15) is 12.2 Å². The van der Waals surface area contributed by atoms with E-state index >= 15 is 0 Å². The minimum absolute atomic E-state index is 0.0107. The molecule has 0 spiro atoms. The highest BCUT2D eigenvalue weighted by Gasteiger charge is 2.57. The van der Waals surface area contributed by atoms with Crippen molar-refractivity contribution in [2.75, 3.05) is 0 Å². The van der Waals surface area contributed by atoms with Gasteiger partial charge in [-0.2, -0.15) is 16.8 Å². The Hall–Kier alpha value is -1.74. The number of hydrogen-bond acceptors (Lipinski definition) is 6. The SMILES string of the molecule is Cc1ccc(S(=O)(=O)O[C@@H]2C3CC(C3)[C@@H]2OS(=O)(=O)c2ccc(C)cc2)cc1. The summed E-state index contributed by atoms with van der Waals surface area (Å²) >= 11 is 0. The molecule has 3 fully saturated rings. The fraction of sp³-hybridized carbons (Fsp3) is 0.400. The van der Waals surface area contributed by atoms with Gasteiger partial charge in [0.2, 0.25) is 0 Å². The normalized spacial score (nSPS) is 26.8. The zero-order valence-corrected chi connectivity index (χ0v) is 17.2. The van der Waals surface area contributed by atoms with Crippen LogP contribution >= 0.6 is 0 Å². The van der Waals surface area contributed by atoms with Gasteiger partial charge in [0.05, 0.1) is 9.79 Å². The second kappa shape index (κ2) is 6.95. The minimum Gasteiger partial charge on any atom is -0.260 e. The Morgan fingerprint density at radius 3 is 1.29 bits per heavy atom. The van der Waals surface area contributed by atoms with Gasteiger partial charge >= 0.3 is 0 Å². The maximum Gasteiger partial charge on any atom is 0.297 e. The lowest BCUT2D eigenvalue weighted by Crippen LogP contribution is -2.32. The molecule has 0 radical (unpaired) electrons. The van der Waals surface area contributed by atoms with Crippen molar-refractivity contribution >= 4 is 20.2 Å². The standard InChI is InChI=1S/C20H22O6S2/c1-13-3-7-17(8-4-13)27(21,22)25-19-15-11-16(12-15)20(19)26-28(23,24)18-9-5-14(2)6-10-18/h3-10,15-16,19-20H,11-12H2,1-2H3/t15?,16?,19-,20+. The molecule has 0 aromatic heterocycles. The first-order valence-corrected chi connectivity index (χ1v) is 12.0. The summed E-state index contributed by atoms with van der Waals surface area (Å²) in [4.78, 5) is 0.115. The van der Waals surface area contributed by atoms with E-state index < -0.39 is 32.4 Å². The van der Waals surface area contributed by atoms with E-state index in [0.29, 0.717) is 12.8 Å². The third-order valence-corrected chi connectivity index (χ3v) is 8.21. The number of benzene rings is 2. The smallest absolute Gasteiger partial charge is 0.260 e. The maximum absolute atomic E-state index is 12.7. The Kier molecular flexibility index (Phi) is 4.86. The van der Waals surface area contributed by atoms with Gasteiger partial charge in [0, 0.05) is 0 Å². The molecule has 2 aromatic carbocycles. The molecule has 8 heteroatoms. The van der Waals surface area contributed by atoms with E-state index in [9.17, 15) is 16.8 Å². The molecule has 3 aliphatic rings. The van der Waals surface area contributed by atoms with Gasteiger partial charge in [0.15, 0.2) is 0 Å². The summed E-state index contributed by atoms with van der Waals surface area (Å²) in [7, 11) is -8.00. The third kappa shape index (κ3) is 3.61. The van der Waals surface area contributed by atoms with E-state index in [0.717, 1.165) is 11.1 Å². The van der Waals surface area contributed by atoms with Crippen LogP contribution < -0.4 is 0 Å². The van der Waals surface area contributed by atoms with Crippen molar-refractivity contribution in [3.8, 4) is 0 Å². The number of rotatable bonds is 6. The first-order chi connectivity index (χ1) is 13.2. The fourth-order valence-corrected chi connectivity index (χ4v) is 6.14. The largest absolute Gasteiger partial charge is 0.297 e. The van der Waals surface area contributed by atoms with E-state index in [4.69, 9.17) is 8.37 Å². The van der Waals surface area contributed by atoms with Gasteiger partial charge in [0.25, 0.3) is 20.2 Å². The molecule has 0 N–H and O–H groups in total. The number of aryl methyl sites for hydroxylation is 2. The Labute approximate surface area is 165 Å². The highest BCUT2D eigenvalue weighted by molar-refractivity contribution is 7.87. The molecule has 3 saturated carbocycles. The van der Waals surface area contributed by atoms with Crippen LogP contribution in [0.4, 0.5) is 0 Å². The zero-order valence-electron chi connectivity index (χ0n) is 15.6. The molecule has 2 bridgehead atoms. The molecule has 5 rings (SSSR count). The van der Waals surface area contributed by atoms with E-state index in [2.05, 4.69) is 0 Å². The first-order valence-electron chi connectivity index (χ1n) is 9.16. The van der Waals surface area contributed by atoms with E-state index in [1.165, 1.54) is 24.3 Å². The van der Waals surface area contributed by atoms with Crippen LogP contribution in [0.25, 0.3) is 0 Å². The van der Waals surface area contributed by atoms with E-state index in [1.807, 2.05) is 13.8 Å². The van der Waals surface area contributed by atoms with Crippen molar-refractivity contribution in [2.45, 2.75) is 48.7 Å². The molecule has 0 unspecified atom stereocenters. The second-order valence-corrected chi connectivity index (χ2v) is 10.8. The highest BCUT2D eigenvalue weighted by Crippen LogP contribution is 2.52. The Morgan fingerprint density at radius 2 is 0.964 bits per heavy atom. The van der Waals surface area contributed by atoms with E-state index in [-0.39, 0.29) is 21.6 Å². The van der Waals surface area contributed by atoms with Gasteiger partial charge in [-0.05, 0) is 62.8 Å². The summed E-state index contributed by atoms with van der Waals surface area (Å²) in [6.45, 7) is 3.73. The summed E-state index contributed by atoms with van der Waals surface area (Å²) in [5.74, 6) is -0.0214. The van der Waals surface area contributed by atoms with Crippen LogP contribution in [-0.2, 0) is 28.6 Å². The van der Waals surface area contributed by atoms with Crippen molar-refractivity contribution in [3.63, 3.8) is 0 Å². The molecule has 150 valence electrons. The zero-order chi connectivity index (χ0) is 20.1. The maximum atomic E-state index is 12.7. The topological polar surface area (TPSA) is 86.7 Å². The molecular weight excluding hydrogens is 400 g/mol. The molecule has 0 aliphatic heterocycles. The summed E-state index contributed by atoms with van der Waals surface area (Å²) < 4.78 is 61.6. The van der Waals surface area contributed by atoms with Gasteiger partial charge in [-0.15, -0.1) is 0 Å². The van der Waals surface area contributed by atoms with Gasteiger partial charge in [-0.1, -0.05) is 35.4 Å². The fourth-order valence-electron chi connectivity index (χ4n) is 3.86. The first kappa shape index (κ1) is 19.6. The predicted molar refractivity (Wildman–Crippen MR) is 103 cm³/mol. The Balaban J connectivity index is 1.55. The molecule has 2 aromatic rings. The van der Waals surface area contributed by atoms with Gasteiger partial charge < -0.3 is 0 Å². The van der Waals surface area contributed by atoms with Crippen LogP contribution in [0, 0.1) is 25.7 Å². The van der Waals surface area contributed by atoms with E-state index in [1.54, 1.807) is 24.3 Å². The van der Waals surface area contributed by atoms with Crippen LogP contribution in [0.2, 0.25) is 0 Å². The summed E-state index contributed by atoms with van der Waals surface area (Å²) in [5.41, 5.74) is 1.87. The lowest BCUT2D eigenvalue weighted by molar-refractivity contribution is 0.0827. The average Bonchev–Trinajstić information content (AvgIpc) is 3.06.